The minimum Gasteiger partial charge on any atom is -0.389 e. The largest absolute Gasteiger partial charge is 0.389 e. The van der Waals surface area contributed by atoms with E-state index in [-0.39, 0.29) is 0 Å². The van der Waals surface area contributed by atoms with Gasteiger partial charge in [-0.1, -0.05) is 36.5 Å². The minimum atomic E-state index is 0.431. The molecule has 0 aliphatic carbocycles. The standard InChI is InChI=1S/C12H13N3S/c1-9-6-7-14-15(9)8-10-4-2-3-5-11(10)12(13)16/h2-7H,8H2,1H3,(H2,13,16). The first-order valence-corrected chi connectivity index (χ1v) is 5.45. The molecule has 2 rings (SSSR count). The molecule has 0 amide bonds. The van der Waals surface area contributed by atoms with E-state index in [4.69, 9.17) is 18.0 Å². The van der Waals surface area contributed by atoms with E-state index in [0.717, 1.165) is 16.8 Å². The third-order valence-electron chi connectivity index (χ3n) is 2.53. The van der Waals surface area contributed by atoms with Crippen LogP contribution in [0.1, 0.15) is 16.8 Å². The summed E-state index contributed by atoms with van der Waals surface area (Å²) < 4.78 is 1.93. The molecular formula is C12H13N3S. The number of aryl methyl sites for hydroxylation is 1. The van der Waals surface area contributed by atoms with Gasteiger partial charge >= 0.3 is 0 Å². The highest BCUT2D eigenvalue weighted by molar-refractivity contribution is 7.80. The number of nitrogens with two attached hydrogens (primary N) is 1. The highest BCUT2D eigenvalue weighted by Crippen LogP contribution is 2.11. The molecule has 0 aliphatic heterocycles. The van der Waals surface area contributed by atoms with Crippen LogP contribution in [0.2, 0.25) is 0 Å². The van der Waals surface area contributed by atoms with E-state index in [9.17, 15) is 0 Å². The zero-order valence-electron chi connectivity index (χ0n) is 9.05. The molecule has 0 bridgehead atoms. The van der Waals surface area contributed by atoms with Crippen molar-refractivity contribution in [3.63, 3.8) is 0 Å². The molecule has 0 spiro atoms. The molecule has 0 unspecified atom stereocenters. The van der Waals surface area contributed by atoms with Crippen LogP contribution in [-0.2, 0) is 6.54 Å². The lowest BCUT2D eigenvalue weighted by atomic mass is 10.1. The summed E-state index contributed by atoms with van der Waals surface area (Å²) in [6, 6.07) is 9.86. The van der Waals surface area contributed by atoms with E-state index in [2.05, 4.69) is 5.10 Å². The monoisotopic (exact) mass is 231 g/mol. The minimum absolute atomic E-state index is 0.431. The number of aromatic nitrogens is 2. The molecule has 0 atom stereocenters. The first-order chi connectivity index (χ1) is 7.68. The quantitative estimate of drug-likeness (QED) is 0.820. The van der Waals surface area contributed by atoms with Crippen molar-refractivity contribution in [3.8, 4) is 0 Å². The van der Waals surface area contributed by atoms with Crippen LogP contribution in [0, 0.1) is 6.92 Å². The van der Waals surface area contributed by atoms with Crippen LogP contribution >= 0.6 is 12.2 Å². The normalized spacial score (nSPS) is 10.3. The van der Waals surface area contributed by atoms with Gasteiger partial charge in [-0.2, -0.15) is 5.10 Å². The zero-order valence-corrected chi connectivity index (χ0v) is 9.87. The van der Waals surface area contributed by atoms with Gasteiger partial charge in [0, 0.05) is 17.5 Å². The van der Waals surface area contributed by atoms with E-state index in [1.165, 1.54) is 0 Å². The summed E-state index contributed by atoms with van der Waals surface area (Å²) in [7, 11) is 0. The lowest BCUT2D eigenvalue weighted by molar-refractivity contribution is 0.664. The van der Waals surface area contributed by atoms with Crippen LogP contribution in [0.25, 0.3) is 0 Å². The summed E-state index contributed by atoms with van der Waals surface area (Å²) in [6.07, 6.45) is 1.79. The molecule has 0 fully saturated rings. The highest BCUT2D eigenvalue weighted by Gasteiger charge is 2.06. The molecule has 1 heterocycles. The average Bonchev–Trinajstić information content (AvgIpc) is 2.65. The van der Waals surface area contributed by atoms with E-state index in [0.29, 0.717) is 11.5 Å². The van der Waals surface area contributed by atoms with E-state index in [1.54, 1.807) is 6.20 Å². The van der Waals surface area contributed by atoms with Crippen molar-refractivity contribution in [1.82, 2.24) is 9.78 Å². The number of thiocarbonyl (C=S) groups is 1. The second kappa shape index (κ2) is 4.45. The fraction of sp³-hybridized carbons (Fsp3) is 0.167. The molecule has 1 aromatic heterocycles. The lowest BCUT2D eigenvalue weighted by Crippen LogP contribution is -2.14. The Hall–Kier alpha value is -1.68. The van der Waals surface area contributed by atoms with Crippen molar-refractivity contribution < 1.29 is 0 Å². The Morgan fingerprint density at radius 1 is 1.38 bits per heavy atom. The molecule has 2 aromatic rings. The van der Waals surface area contributed by atoms with Gasteiger partial charge in [-0.3, -0.25) is 4.68 Å². The highest BCUT2D eigenvalue weighted by atomic mass is 32.1. The van der Waals surface area contributed by atoms with Crippen LogP contribution in [0.5, 0.6) is 0 Å². The Kier molecular flexibility index (Phi) is 3.01. The van der Waals surface area contributed by atoms with Gasteiger partial charge in [-0.15, -0.1) is 0 Å². The molecule has 82 valence electrons. The number of hydrogen-bond acceptors (Lipinski definition) is 2. The SMILES string of the molecule is Cc1ccnn1Cc1ccccc1C(N)=S. The van der Waals surface area contributed by atoms with Crippen molar-refractivity contribution in [1.29, 1.82) is 0 Å². The first-order valence-electron chi connectivity index (χ1n) is 5.04. The van der Waals surface area contributed by atoms with Gasteiger partial charge in [0.1, 0.15) is 4.99 Å². The third kappa shape index (κ3) is 2.12. The number of hydrogen-bond donors (Lipinski definition) is 1. The van der Waals surface area contributed by atoms with Gasteiger partial charge in [-0.25, -0.2) is 0 Å². The van der Waals surface area contributed by atoms with Gasteiger partial charge in [0.25, 0.3) is 0 Å². The van der Waals surface area contributed by atoms with E-state index >= 15 is 0 Å². The van der Waals surface area contributed by atoms with Gasteiger partial charge in [0.15, 0.2) is 0 Å². The van der Waals surface area contributed by atoms with E-state index < -0.39 is 0 Å². The predicted molar refractivity (Wildman–Crippen MR) is 68.4 cm³/mol. The molecule has 0 saturated heterocycles. The van der Waals surface area contributed by atoms with Gasteiger partial charge in [-0.05, 0) is 18.6 Å². The molecular weight excluding hydrogens is 218 g/mol. The fourth-order valence-electron chi connectivity index (χ4n) is 1.62. The summed E-state index contributed by atoms with van der Waals surface area (Å²) in [6.45, 7) is 2.72. The molecule has 3 nitrogen and oxygen atoms in total. The fourth-order valence-corrected chi connectivity index (χ4v) is 1.82. The van der Waals surface area contributed by atoms with Crippen molar-refractivity contribution >= 4 is 17.2 Å². The average molecular weight is 231 g/mol. The molecule has 0 aliphatic rings. The number of benzene rings is 1. The number of nitrogens with zero attached hydrogens (tertiary/aromatic N) is 2. The van der Waals surface area contributed by atoms with E-state index in [1.807, 2.05) is 41.9 Å². The second-order valence-corrected chi connectivity index (χ2v) is 4.09. The van der Waals surface area contributed by atoms with Crippen LogP contribution < -0.4 is 5.73 Å². The van der Waals surface area contributed by atoms with Crippen LogP contribution in [0.15, 0.2) is 36.5 Å². The smallest absolute Gasteiger partial charge is 0.104 e. The second-order valence-electron chi connectivity index (χ2n) is 3.65. The molecule has 2 N–H and O–H groups in total. The first kappa shape index (κ1) is 10.8. The lowest BCUT2D eigenvalue weighted by Gasteiger charge is -2.09. The molecule has 0 radical (unpaired) electrons. The van der Waals surface area contributed by atoms with Gasteiger partial charge in [0.2, 0.25) is 0 Å². The Bertz CT molecular complexity index is 516. The predicted octanol–water partition coefficient (Wildman–Crippen LogP) is 1.87. The summed E-state index contributed by atoms with van der Waals surface area (Å²) in [5.74, 6) is 0. The molecule has 0 saturated carbocycles. The summed E-state index contributed by atoms with van der Waals surface area (Å²) in [4.78, 5) is 0.431. The van der Waals surface area contributed by atoms with Crippen molar-refractivity contribution in [3.05, 3.63) is 53.3 Å². The summed E-state index contributed by atoms with van der Waals surface area (Å²) in [5.41, 5.74) is 8.83. The van der Waals surface area contributed by atoms with Gasteiger partial charge < -0.3 is 5.73 Å². The van der Waals surface area contributed by atoms with Crippen LogP contribution in [-0.4, -0.2) is 14.8 Å². The van der Waals surface area contributed by atoms with Crippen molar-refractivity contribution in [2.24, 2.45) is 5.73 Å². The molecule has 4 heteroatoms. The zero-order chi connectivity index (χ0) is 11.5. The number of rotatable bonds is 3. The Morgan fingerprint density at radius 2 is 2.12 bits per heavy atom. The Morgan fingerprint density at radius 3 is 2.75 bits per heavy atom. The van der Waals surface area contributed by atoms with Crippen LogP contribution in [0.3, 0.4) is 0 Å². The van der Waals surface area contributed by atoms with Crippen molar-refractivity contribution in [2.45, 2.75) is 13.5 Å². The summed E-state index contributed by atoms with van der Waals surface area (Å²) >= 11 is 5.03. The van der Waals surface area contributed by atoms with Crippen molar-refractivity contribution in [2.75, 3.05) is 0 Å². The third-order valence-corrected chi connectivity index (χ3v) is 2.75. The summed E-state index contributed by atoms with van der Waals surface area (Å²) in [5, 5.41) is 4.24. The maximum absolute atomic E-state index is 5.68. The molecule has 1 aromatic carbocycles. The van der Waals surface area contributed by atoms with Crippen LogP contribution in [0.4, 0.5) is 0 Å². The molecule has 16 heavy (non-hydrogen) atoms. The maximum atomic E-state index is 5.68. The Labute approximate surface area is 99.9 Å². The van der Waals surface area contributed by atoms with Gasteiger partial charge in [0.05, 0.1) is 6.54 Å². The Balaban J connectivity index is 2.35. The maximum Gasteiger partial charge on any atom is 0.104 e. The topological polar surface area (TPSA) is 43.8 Å².